The van der Waals surface area contributed by atoms with E-state index in [2.05, 4.69) is 15.9 Å². The summed E-state index contributed by atoms with van der Waals surface area (Å²) in [6, 6.07) is 7.49. The van der Waals surface area contributed by atoms with Crippen molar-refractivity contribution < 1.29 is 9.53 Å². The zero-order chi connectivity index (χ0) is 13.3. The first-order valence-corrected chi connectivity index (χ1v) is 7.09. The summed E-state index contributed by atoms with van der Waals surface area (Å²) in [4.78, 5) is 13.1. The normalized spacial score (nSPS) is 10.4. The number of halogens is 1. The van der Waals surface area contributed by atoms with Crippen LogP contribution in [0.25, 0.3) is 0 Å². The Labute approximate surface area is 119 Å². The van der Waals surface area contributed by atoms with Crippen molar-refractivity contribution in [1.29, 1.82) is 0 Å². The molecule has 0 aliphatic heterocycles. The highest BCUT2D eigenvalue weighted by molar-refractivity contribution is 9.11. The summed E-state index contributed by atoms with van der Waals surface area (Å²) in [5, 5.41) is 0. The molecule has 2 rings (SSSR count). The molecule has 0 spiro atoms. The van der Waals surface area contributed by atoms with E-state index >= 15 is 0 Å². The summed E-state index contributed by atoms with van der Waals surface area (Å²) in [5.41, 5.74) is 2.75. The van der Waals surface area contributed by atoms with Crippen LogP contribution in [0.4, 0.5) is 0 Å². The molecule has 1 heterocycles. The predicted molar refractivity (Wildman–Crippen MR) is 77.9 cm³/mol. The highest BCUT2D eigenvalue weighted by atomic mass is 79.9. The second-order valence-electron chi connectivity index (χ2n) is 4.02. The summed E-state index contributed by atoms with van der Waals surface area (Å²) >= 11 is 4.80. The standard InChI is InChI=1S/C14H13BrO2S/c1-8-4-5-10(14(17-3)9(8)2)13(16)11-6-7-12(15)18-11/h4-7H,1-3H3. The fourth-order valence-corrected chi connectivity index (χ4v) is 3.14. The number of hydrogen-bond acceptors (Lipinski definition) is 3. The van der Waals surface area contributed by atoms with Crippen LogP contribution in [0.1, 0.15) is 26.4 Å². The lowest BCUT2D eigenvalue weighted by Gasteiger charge is -2.12. The van der Waals surface area contributed by atoms with Gasteiger partial charge >= 0.3 is 0 Å². The van der Waals surface area contributed by atoms with Gasteiger partial charge in [-0.3, -0.25) is 4.79 Å². The molecule has 0 radical (unpaired) electrons. The molecule has 0 saturated heterocycles. The first-order chi connectivity index (χ1) is 8.54. The van der Waals surface area contributed by atoms with E-state index in [4.69, 9.17) is 4.74 Å². The molecule has 1 aromatic heterocycles. The average molecular weight is 325 g/mol. The van der Waals surface area contributed by atoms with Crippen LogP contribution < -0.4 is 4.74 Å². The van der Waals surface area contributed by atoms with Crippen LogP contribution in [0.5, 0.6) is 5.75 Å². The highest BCUT2D eigenvalue weighted by Gasteiger charge is 2.18. The second kappa shape index (κ2) is 5.24. The molecule has 4 heteroatoms. The van der Waals surface area contributed by atoms with Crippen LogP contribution in [0.15, 0.2) is 28.1 Å². The molecule has 0 aliphatic rings. The van der Waals surface area contributed by atoms with Gasteiger partial charge in [-0.1, -0.05) is 6.07 Å². The molecule has 0 bridgehead atoms. The minimum Gasteiger partial charge on any atom is -0.496 e. The number of ether oxygens (including phenoxy) is 1. The molecule has 94 valence electrons. The number of carbonyl (C=O) groups excluding carboxylic acids is 1. The highest BCUT2D eigenvalue weighted by Crippen LogP contribution is 2.31. The third-order valence-corrected chi connectivity index (χ3v) is 4.54. The maximum Gasteiger partial charge on any atom is 0.206 e. The molecule has 0 fully saturated rings. The van der Waals surface area contributed by atoms with Crippen molar-refractivity contribution in [2.24, 2.45) is 0 Å². The Bertz CT molecular complexity index is 602. The fraction of sp³-hybridized carbons (Fsp3) is 0.214. The molecule has 0 N–H and O–H groups in total. The van der Waals surface area contributed by atoms with Crippen LogP contribution in [0.2, 0.25) is 0 Å². The van der Waals surface area contributed by atoms with Crippen molar-refractivity contribution in [2.75, 3.05) is 7.11 Å². The fourth-order valence-electron chi connectivity index (χ4n) is 1.80. The number of aryl methyl sites for hydroxylation is 1. The van der Waals surface area contributed by atoms with E-state index in [1.165, 1.54) is 11.3 Å². The largest absolute Gasteiger partial charge is 0.496 e. The summed E-state index contributed by atoms with van der Waals surface area (Å²) in [6.07, 6.45) is 0. The van der Waals surface area contributed by atoms with Crippen molar-refractivity contribution in [3.8, 4) is 5.75 Å². The Kier molecular flexibility index (Phi) is 3.88. The second-order valence-corrected chi connectivity index (χ2v) is 6.48. The molecule has 0 unspecified atom stereocenters. The maximum atomic E-state index is 12.4. The number of rotatable bonds is 3. The number of methoxy groups -OCH3 is 1. The third kappa shape index (κ3) is 2.35. The number of ketones is 1. The number of thiophene rings is 1. The Hall–Kier alpha value is -1.13. The lowest BCUT2D eigenvalue weighted by atomic mass is 10.0. The van der Waals surface area contributed by atoms with E-state index in [1.807, 2.05) is 38.1 Å². The van der Waals surface area contributed by atoms with Gasteiger partial charge in [0.2, 0.25) is 5.78 Å². The van der Waals surface area contributed by atoms with Gasteiger partial charge in [0, 0.05) is 0 Å². The molecule has 2 nitrogen and oxygen atoms in total. The van der Waals surface area contributed by atoms with Gasteiger partial charge in [-0.2, -0.15) is 0 Å². The van der Waals surface area contributed by atoms with Crippen LogP contribution in [0, 0.1) is 13.8 Å². The Balaban J connectivity index is 2.51. The third-order valence-electron chi connectivity index (χ3n) is 2.92. The van der Waals surface area contributed by atoms with Gasteiger partial charge in [-0.05, 0) is 59.1 Å². The van der Waals surface area contributed by atoms with Gasteiger partial charge in [-0.25, -0.2) is 0 Å². The Morgan fingerprint density at radius 3 is 2.50 bits per heavy atom. The van der Waals surface area contributed by atoms with Crippen LogP contribution in [-0.4, -0.2) is 12.9 Å². The van der Waals surface area contributed by atoms with Gasteiger partial charge < -0.3 is 4.74 Å². The zero-order valence-corrected chi connectivity index (χ0v) is 12.8. The minimum atomic E-state index is 0.00523. The Morgan fingerprint density at radius 2 is 1.94 bits per heavy atom. The van der Waals surface area contributed by atoms with Gasteiger partial charge in [0.05, 0.1) is 21.3 Å². The molecule has 0 aliphatic carbocycles. The molecule has 1 aromatic carbocycles. The van der Waals surface area contributed by atoms with E-state index < -0.39 is 0 Å². The van der Waals surface area contributed by atoms with Gasteiger partial charge in [-0.15, -0.1) is 11.3 Å². The SMILES string of the molecule is COc1c(C(=O)c2ccc(Br)s2)ccc(C)c1C. The lowest BCUT2D eigenvalue weighted by molar-refractivity contribution is 0.103. The van der Waals surface area contributed by atoms with Crippen molar-refractivity contribution in [3.05, 3.63) is 49.6 Å². The molecule has 0 saturated carbocycles. The summed E-state index contributed by atoms with van der Waals surface area (Å²) < 4.78 is 6.33. The number of benzene rings is 1. The monoisotopic (exact) mass is 324 g/mol. The van der Waals surface area contributed by atoms with Crippen molar-refractivity contribution in [1.82, 2.24) is 0 Å². The average Bonchev–Trinajstić information content (AvgIpc) is 2.78. The van der Waals surface area contributed by atoms with Gasteiger partial charge in [0.25, 0.3) is 0 Å². The van der Waals surface area contributed by atoms with Crippen molar-refractivity contribution in [2.45, 2.75) is 13.8 Å². The molecule has 2 aromatic rings. The van der Waals surface area contributed by atoms with Crippen LogP contribution >= 0.6 is 27.3 Å². The zero-order valence-electron chi connectivity index (χ0n) is 10.4. The van der Waals surface area contributed by atoms with E-state index in [1.54, 1.807) is 7.11 Å². The number of carbonyl (C=O) groups is 1. The van der Waals surface area contributed by atoms with Crippen molar-refractivity contribution >= 4 is 33.0 Å². The first-order valence-electron chi connectivity index (χ1n) is 5.49. The van der Waals surface area contributed by atoms with Gasteiger partial charge in [0.1, 0.15) is 5.75 Å². The number of hydrogen-bond donors (Lipinski definition) is 0. The smallest absolute Gasteiger partial charge is 0.206 e. The molecule has 0 amide bonds. The maximum absolute atomic E-state index is 12.4. The summed E-state index contributed by atoms with van der Waals surface area (Å²) in [5.74, 6) is 0.676. The topological polar surface area (TPSA) is 26.3 Å². The molecular weight excluding hydrogens is 312 g/mol. The molecule has 18 heavy (non-hydrogen) atoms. The first kappa shape index (κ1) is 13.3. The van der Waals surface area contributed by atoms with Crippen molar-refractivity contribution in [3.63, 3.8) is 0 Å². The van der Waals surface area contributed by atoms with Crippen LogP contribution in [-0.2, 0) is 0 Å². The summed E-state index contributed by atoms with van der Waals surface area (Å²) in [6.45, 7) is 3.98. The quantitative estimate of drug-likeness (QED) is 0.784. The Morgan fingerprint density at radius 1 is 1.22 bits per heavy atom. The summed E-state index contributed by atoms with van der Waals surface area (Å²) in [7, 11) is 1.60. The van der Waals surface area contributed by atoms with Crippen LogP contribution in [0.3, 0.4) is 0 Å². The van der Waals surface area contributed by atoms with E-state index in [0.717, 1.165) is 14.9 Å². The minimum absolute atomic E-state index is 0.00523. The van der Waals surface area contributed by atoms with E-state index in [-0.39, 0.29) is 5.78 Å². The van der Waals surface area contributed by atoms with Gasteiger partial charge in [0.15, 0.2) is 0 Å². The lowest BCUT2D eigenvalue weighted by Crippen LogP contribution is -2.04. The predicted octanol–water partition coefficient (Wildman–Crippen LogP) is 4.37. The van der Waals surface area contributed by atoms with E-state index in [0.29, 0.717) is 16.2 Å². The molecule has 0 atom stereocenters. The van der Waals surface area contributed by atoms with E-state index in [9.17, 15) is 4.79 Å². The molecular formula is C14H13BrO2S.